The summed E-state index contributed by atoms with van der Waals surface area (Å²) in [5, 5.41) is 3.48. The van der Waals surface area contributed by atoms with Gasteiger partial charge in [-0.2, -0.15) is 0 Å². The molecule has 16 heavy (non-hydrogen) atoms. The fraction of sp³-hybridized carbons (Fsp3) is 1.00. The Balaban J connectivity index is 2.15. The van der Waals surface area contributed by atoms with E-state index < -0.39 is 0 Å². The van der Waals surface area contributed by atoms with Crippen LogP contribution in [0.4, 0.5) is 0 Å². The van der Waals surface area contributed by atoms with Gasteiger partial charge in [-0.15, -0.1) is 0 Å². The van der Waals surface area contributed by atoms with E-state index in [-0.39, 0.29) is 0 Å². The van der Waals surface area contributed by atoms with Crippen LogP contribution < -0.4 is 5.32 Å². The topological polar surface area (TPSA) is 15.3 Å². The summed E-state index contributed by atoms with van der Waals surface area (Å²) in [6, 6.07) is 0.830. The van der Waals surface area contributed by atoms with Crippen LogP contribution in [0.25, 0.3) is 0 Å². The molecule has 1 fully saturated rings. The number of nitrogens with zero attached hydrogens (tertiary/aromatic N) is 1. The first kappa shape index (κ1) is 14.0. The first-order chi connectivity index (χ1) is 7.55. The molecule has 0 amide bonds. The summed E-state index contributed by atoms with van der Waals surface area (Å²) in [6.45, 7) is 10.5. The van der Waals surface area contributed by atoms with Gasteiger partial charge in [0.2, 0.25) is 0 Å². The molecule has 1 aliphatic carbocycles. The Morgan fingerprint density at radius 2 is 1.81 bits per heavy atom. The summed E-state index contributed by atoms with van der Waals surface area (Å²) in [7, 11) is 2.29. The van der Waals surface area contributed by atoms with Crippen molar-refractivity contribution in [1.82, 2.24) is 10.2 Å². The van der Waals surface area contributed by atoms with Crippen molar-refractivity contribution in [2.75, 3.05) is 26.7 Å². The third-order valence-corrected chi connectivity index (χ3v) is 4.00. The van der Waals surface area contributed by atoms with E-state index in [1.807, 2.05) is 0 Å². The Labute approximate surface area is 102 Å². The molecule has 0 heterocycles. The molecule has 1 aliphatic rings. The summed E-state index contributed by atoms with van der Waals surface area (Å²) in [5.41, 5.74) is 0.595. The van der Waals surface area contributed by atoms with Crippen LogP contribution in [0.1, 0.15) is 52.9 Å². The summed E-state index contributed by atoms with van der Waals surface area (Å²) in [4.78, 5) is 2.55. The molecule has 0 aromatic rings. The van der Waals surface area contributed by atoms with Crippen LogP contribution in [0, 0.1) is 5.41 Å². The summed E-state index contributed by atoms with van der Waals surface area (Å²) < 4.78 is 0. The van der Waals surface area contributed by atoms with E-state index in [2.05, 4.69) is 38.0 Å². The third-order valence-electron chi connectivity index (χ3n) is 4.00. The van der Waals surface area contributed by atoms with E-state index in [0.717, 1.165) is 19.1 Å². The van der Waals surface area contributed by atoms with E-state index in [9.17, 15) is 0 Å². The maximum Gasteiger partial charge on any atom is 0.0107 e. The number of hydrogen-bond donors (Lipinski definition) is 1. The molecule has 0 unspecified atom stereocenters. The van der Waals surface area contributed by atoms with Crippen LogP contribution in [0.3, 0.4) is 0 Å². The SMILES string of the molecule is CCCNCCN(C)C1CCC(C)(C)CC1. The van der Waals surface area contributed by atoms with Crippen molar-refractivity contribution in [2.24, 2.45) is 5.41 Å². The Kier molecular flexibility index (Phi) is 5.77. The van der Waals surface area contributed by atoms with Crippen LogP contribution in [0.5, 0.6) is 0 Å². The van der Waals surface area contributed by atoms with Gasteiger partial charge in [0.1, 0.15) is 0 Å². The molecule has 1 rings (SSSR count). The predicted octanol–water partition coefficient (Wildman–Crippen LogP) is 2.89. The molecule has 2 nitrogen and oxygen atoms in total. The van der Waals surface area contributed by atoms with Gasteiger partial charge in [-0.3, -0.25) is 0 Å². The van der Waals surface area contributed by atoms with Gasteiger partial charge in [-0.05, 0) is 51.1 Å². The Morgan fingerprint density at radius 3 is 2.38 bits per heavy atom. The highest BCUT2D eigenvalue weighted by Gasteiger charge is 2.28. The monoisotopic (exact) mass is 226 g/mol. The lowest BCUT2D eigenvalue weighted by atomic mass is 9.75. The van der Waals surface area contributed by atoms with Crippen molar-refractivity contribution >= 4 is 0 Å². The molecule has 1 saturated carbocycles. The molecule has 1 N–H and O–H groups in total. The lowest BCUT2D eigenvalue weighted by molar-refractivity contribution is 0.128. The highest BCUT2D eigenvalue weighted by Crippen LogP contribution is 2.36. The molecule has 0 aliphatic heterocycles. The van der Waals surface area contributed by atoms with Crippen LogP contribution in [-0.4, -0.2) is 37.6 Å². The molecule has 2 heteroatoms. The first-order valence-corrected chi connectivity index (χ1v) is 6.96. The molecular formula is C14H30N2. The van der Waals surface area contributed by atoms with Crippen molar-refractivity contribution in [2.45, 2.75) is 58.9 Å². The van der Waals surface area contributed by atoms with E-state index in [0.29, 0.717) is 5.41 Å². The summed E-state index contributed by atoms with van der Waals surface area (Å²) in [6.07, 6.45) is 6.80. The van der Waals surface area contributed by atoms with Crippen LogP contribution in [0.2, 0.25) is 0 Å². The Hall–Kier alpha value is -0.0800. The number of hydrogen-bond acceptors (Lipinski definition) is 2. The molecule has 0 bridgehead atoms. The summed E-state index contributed by atoms with van der Waals surface area (Å²) in [5.74, 6) is 0. The van der Waals surface area contributed by atoms with Gasteiger partial charge >= 0.3 is 0 Å². The first-order valence-electron chi connectivity index (χ1n) is 6.96. The van der Waals surface area contributed by atoms with Gasteiger partial charge in [0.05, 0.1) is 0 Å². The van der Waals surface area contributed by atoms with E-state index in [1.54, 1.807) is 0 Å². The zero-order valence-electron chi connectivity index (χ0n) is 11.7. The minimum absolute atomic E-state index is 0.595. The van der Waals surface area contributed by atoms with Crippen molar-refractivity contribution in [1.29, 1.82) is 0 Å². The van der Waals surface area contributed by atoms with Crippen molar-refractivity contribution in [3.63, 3.8) is 0 Å². The maximum absolute atomic E-state index is 3.48. The minimum Gasteiger partial charge on any atom is -0.315 e. The quantitative estimate of drug-likeness (QED) is 0.701. The number of likely N-dealkylation sites (N-methyl/N-ethyl adjacent to an activating group) is 1. The molecule has 0 spiro atoms. The normalized spacial score (nSPS) is 21.6. The maximum atomic E-state index is 3.48. The average Bonchev–Trinajstić information content (AvgIpc) is 2.24. The Morgan fingerprint density at radius 1 is 1.19 bits per heavy atom. The Bertz CT molecular complexity index is 179. The molecule has 0 radical (unpaired) electrons. The van der Waals surface area contributed by atoms with Crippen LogP contribution in [-0.2, 0) is 0 Å². The van der Waals surface area contributed by atoms with Gasteiger partial charge < -0.3 is 10.2 Å². The zero-order valence-corrected chi connectivity index (χ0v) is 11.7. The summed E-state index contributed by atoms with van der Waals surface area (Å²) >= 11 is 0. The zero-order chi connectivity index (χ0) is 12.0. The van der Waals surface area contributed by atoms with Gasteiger partial charge in [0.25, 0.3) is 0 Å². The average molecular weight is 226 g/mol. The predicted molar refractivity (Wildman–Crippen MR) is 71.8 cm³/mol. The van der Waals surface area contributed by atoms with Crippen LogP contribution in [0.15, 0.2) is 0 Å². The number of rotatable bonds is 6. The lowest BCUT2D eigenvalue weighted by Gasteiger charge is -2.38. The van der Waals surface area contributed by atoms with Gasteiger partial charge in [0.15, 0.2) is 0 Å². The fourth-order valence-corrected chi connectivity index (χ4v) is 2.56. The largest absolute Gasteiger partial charge is 0.315 e. The van der Waals surface area contributed by atoms with Crippen molar-refractivity contribution in [3.8, 4) is 0 Å². The molecule has 96 valence electrons. The number of nitrogens with one attached hydrogen (secondary N) is 1. The van der Waals surface area contributed by atoms with E-state index in [4.69, 9.17) is 0 Å². The third kappa shape index (κ3) is 4.84. The molecule has 0 aromatic heterocycles. The van der Waals surface area contributed by atoms with Gasteiger partial charge in [0, 0.05) is 19.1 Å². The second kappa shape index (κ2) is 6.61. The van der Waals surface area contributed by atoms with Gasteiger partial charge in [-0.25, -0.2) is 0 Å². The molecule has 0 atom stereocenters. The van der Waals surface area contributed by atoms with Crippen molar-refractivity contribution in [3.05, 3.63) is 0 Å². The van der Waals surface area contributed by atoms with Gasteiger partial charge in [-0.1, -0.05) is 20.8 Å². The lowest BCUT2D eigenvalue weighted by Crippen LogP contribution is -2.40. The molecular weight excluding hydrogens is 196 g/mol. The smallest absolute Gasteiger partial charge is 0.0107 e. The molecule has 0 saturated heterocycles. The second-order valence-electron chi connectivity index (χ2n) is 6.13. The van der Waals surface area contributed by atoms with Crippen molar-refractivity contribution < 1.29 is 0 Å². The van der Waals surface area contributed by atoms with E-state index >= 15 is 0 Å². The highest BCUT2D eigenvalue weighted by atomic mass is 15.1. The standard InChI is InChI=1S/C14H30N2/c1-5-10-15-11-12-16(4)13-6-8-14(2,3)9-7-13/h13,15H,5-12H2,1-4H3. The van der Waals surface area contributed by atoms with E-state index in [1.165, 1.54) is 38.6 Å². The second-order valence-corrected chi connectivity index (χ2v) is 6.13. The fourth-order valence-electron chi connectivity index (χ4n) is 2.56. The van der Waals surface area contributed by atoms with Crippen LogP contribution >= 0.6 is 0 Å². The molecule has 0 aromatic carbocycles. The minimum atomic E-state index is 0.595. The highest BCUT2D eigenvalue weighted by molar-refractivity contribution is 4.82.